The predicted octanol–water partition coefficient (Wildman–Crippen LogP) is 2.75. The van der Waals surface area contributed by atoms with Gasteiger partial charge in [-0.1, -0.05) is 0 Å². The van der Waals surface area contributed by atoms with Crippen molar-refractivity contribution in [1.29, 1.82) is 0 Å². The van der Waals surface area contributed by atoms with Crippen LogP contribution in [0.4, 0.5) is 23.0 Å². The number of hydrogen-bond acceptors (Lipinski definition) is 4. The van der Waals surface area contributed by atoms with Gasteiger partial charge in [0.05, 0.1) is 23.0 Å². The summed E-state index contributed by atoms with van der Waals surface area (Å²) < 4.78 is 38.8. The lowest BCUT2D eigenvalue weighted by atomic mass is 9.96. The highest BCUT2D eigenvalue weighted by Gasteiger charge is 2.53. The fourth-order valence-electron chi connectivity index (χ4n) is 2.72. The minimum Gasteiger partial charge on any atom is -0.481 e. The molecule has 2 fully saturated rings. The van der Waals surface area contributed by atoms with Crippen LogP contribution >= 0.6 is 11.3 Å². The van der Waals surface area contributed by atoms with Crippen molar-refractivity contribution in [2.24, 2.45) is 11.8 Å². The second kappa shape index (κ2) is 5.66. The number of aromatic nitrogens is 1. The molecule has 2 aliphatic rings. The van der Waals surface area contributed by atoms with Crippen molar-refractivity contribution in [3.05, 3.63) is 11.2 Å². The first-order valence-corrected chi connectivity index (χ1v) is 7.94. The van der Waals surface area contributed by atoms with E-state index in [1.807, 2.05) is 0 Å². The third kappa shape index (κ3) is 3.26. The number of anilines is 1. The molecule has 0 aromatic carbocycles. The second-order valence-electron chi connectivity index (χ2n) is 5.77. The standard InChI is InChI=1S/C13H14F3N3O3S/c14-13(15,16)8-4-19(3-7(8)11(20)21)12(22)18-10-9(6-1-2-6)17-5-23-10/h5-8H,1-4H2,(H,18,22)(H,20,21)/t7-,8-/m1/s1. The van der Waals surface area contributed by atoms with E-state index in [2.05, 4.69) is 10.3 Å². The Hall–Kier alpha value is -1.84. The third-order valence-electron chi connectivity index (χ3n) is 4.12. The van der Waals surface area contributed by atoms with E-state index in [-0.39, 0.29) is 0 Å². The first-order valence-electron chi connectivity index (χ1n) is 7.06. The number of amides is 2. The summed E-state index contributed by atoms with van der Waals surface area (Å²) in [6, 6.07) is -0.714. The van der Waals surface area contributed by atoms with Gasteiger partial charge in [-0.05, 0) is 12.8 Å². The Morgan fingerprint density at radius 3 is 2.57 bits per heavy atom. The maximum atomic E-state index is 12.9. The van der Waals surface area contributed by atoms with E-state index in [0.29, 0.717) is 10.9 Å². The number of carboxylic acid groups (broad SMARTS) is 1. The summed E-state index contributed by atoms with van der Waals surface area (Å²) in [5, 5.41) is 12.1. The fraction of sp³-hybridized carbons (Fsp3) is 0.615. The fourth-order valence-corrected chi connectivity index (χ4v) is 3.48. The molecule has 6 nitrogen and oxygen atoms in total. The number of carboxylic acids is 1. The van der Waals surface area contributed by atoms with Crippen LogP contribution in [0.2, 0.25) is 0 Å². The van der Waals surface area contributed by atoms with Crippen molar-refractivity contribution in [2.45, 2.75) is 24.9 Å². The van der Waals surface area contributed by atoms with Crippen LogP contribution < -0.4 is 5.32 Å². The number of rotatable bonds is 3. The Kier molecular flexibility index (Phi) is 3.95. The summed E-state index contributed by atoms with van der Waals surface area (Å²) in [5.41, 5.74) is 2.33. The molecule has 1 aromatic heterocycles. The van der Waals surface area contributed by atoms with Crippen molar-refractivity contribution in [2.75, 3.05) is 18.4 Å². The molecule has 0 unspecified atom stereocenters. The van der Waals surface area contributed by atoms with Gasteiger partial charge in [-0.25, -0.2) is 9.78 Å². The van der Waals surface area contributed by atoms with Gasteiger partial charge in [0.25, 0.3) is 0 Å². The summed E-state index contributed by atoms with van der Waals surface area (Å²) in [6.45, 7) is -1.10. The summed E-state index contributed by atoms with van der Waals surface area (Å²) in [6.07, 6.45) is -2.69. The molecule has 23 heavy (non-hydrogen) atoms. The molecule has 1 aromatic rings. The second-order valence-corrected chi connectivity index (χ2v) is 6.62. The molecular formula is C13H14F3N3O3S. The number of nitrogens with one attached hydrogen (secondary N) is 1. The molecule has 0 radical (unpaired) electrons. The number of hydrogen-bond donors (Lipinski definition) is 2. The lowest BCUT2D eigenvalue weighted by molar-refractivity contribution is -0.187. The number of halogens is 3. The topological polar surface area (TPSA) is 82.5 Å². The number of urea groups is 1. The molecule has 126 valence electrons. The first-order chi connectivity index (χ1) is 10.8. The highest BCUT2D eigenvalue weighted by molar-refractivity contribution is 7.14. The molecule has 1 aliphatic carbocycles. The van der Waals surface area contributed by atoms with Gasteiger partial charge in [-0.15, -0.1) is 11.3 Å². The van der Waals surface area contributed by atoms with Gasteiger partial charge in [0.15, 0.2) is 0 Å². The van der Waals surface area contributed by atoms with Crippen LogP contribution in [-0.2, 0) is 4.79 Å². The van der Waals surface area contributed by atoms with Gasteiger partial charge >= 0.3 is 18.2 Å². The molecule has 3 rings (SSSR count). The minimum absolute atomic E-state index is 0.296. The third-order valence-corrected chi connectivity index (χ3v) is 4.88. The summed E-state index contributed by atoms with van der Waals surface area (Å²) in [4.78, 5) is 28.3. The van der Waals surface area contributed by atoms with E-state index in [0.717, 1.165) is 23.4 Å². The Morgan fingerprint density at radius 1 is 1.35 bits per heavy atom. The first kappa shape index (κ1) is 16.0. The van der Waals surface area contributed by atoms with E-state index in [9.17, 15) is 22.8 Å². The average molecular weight is 349 g/mol. The van der Waals surface area contributed by atoms with E-state index in [4.69, 9.17) is 5.11 Å². The molecular weight excluding hydrogens is 335 g/mol. The van der Waals surface area contributed by atoms with Gasteiger partial charge in [-0.2, -0.15) is 13.2 Å². The Labute approximate surface area is 133 Å². The molecule has 0 spiro atoms. The Balaban J connectivity index is 1.70. The lowest BCUT2D eigenvalue weighted by Gasteiger charge is -2.18. The van der Waals surface area contributed by atoms with E-state index in [1.54, 1.807) is 5.51 Å². The van der Waals surface area contributed by atoms with Crippen LogP contribution in [0.3, 0.4) is 0 Å². The quantitative estimate of drug-likeness (QED) is 0.879. The molecule has 1 saturated heterocycles. The van der Waals surface area contributed by atoms with Gasteiger partial charge < -0.3 is 10.0 Å². The molecule has 1 aliphatic heterocycles. The van der Waals surface area contributed by atoms with Crippen LogP contribution in [0.25, 0.3) is 0 Å². The van der Waals surface area contributed by atoms with Gasteiger partial charge in [-0.3, -0.25) is 10.1 Å². The number of carbonyl (C=O) groups is 2. The van der Waals surface area contributed by atoms with Gasteiger partial charge in [0.1, 0.15) is 5.00 Å². The van der Waals surface area contributed by atoms with Crippen LogP contribution in [-0.4, -0.2) is 46.3 Å². The number of likely N-dealkylation sites (tertiary alicyclic amines) is 1. The van der Waals surface area contributed by atoms with E-state index in [1.165, 1.54) is 11.3 Å². The zero-order valence-corrected chi connectivity index (χ0v) is 12.7. The minimum atomic E-state index is -4.65. The summed E-state index contributed by atoms with van der Waals surface area (Å²) in [7, 11) is 0. The van der Waals surface area contributed by atoms with E-state index < -0.39 is 43.1 Å². The maximum absolute atomic E-state index is 12.9. The van der Waals surface area contributed by atoms with Gasteiger partial charge in [0, 0.05) is 19.0 Å². The van der Waals surface area contributed by atoms with Crippen LogP contribution in [0.5, 0.6) is 0 Å². The number of carbonyl (C=O) groups excluding carboxylic acids is 1. The number of thiazole rings is 1. The summed E-state index contributed by atoms with van der Waals surface area (Å²) >= 11 is 1.21. The molecule has 0 bridgehead atoms. The van der Waals surface area contributed by atoms with Crippen LogP contribution in [0.15, 0.2) is 5.51 Å². The summed E-state index contributed by atoms with van der Waals surface area (Å²) in [5.74, 6) is -4.93. The average Bonchev–Trinajstić information content (AvgIpc) is 3.01. The zero-order valence-electron chi connectivity index (χ0n) is 11.8. The zero-order chi connectivity index (χ0) is 16.8. The molecule has 2 atom stereocenters. The highest BCUT2D eigenvalue weighted by atomic mass is 32.1. The van der Waals surface area contributed by atoms with Crippen molar-refractivity contribution < 1.29 is 27.9 Å². The predicted molar refractivity (Wildman–Crippen MR) is 75.4 cm³/mol. The molecule has 2 amide bonds. The monoisotopic (exact) mass is 349 g/mol. The molecule has 10 heteroatoms. The molecule has 2 heterocycles. The molecule has 1 saturated carbocycles. The van der Waals surface area contributed by atoms with Crippen molar-refractivity contribution in [1.82, 2.24) is 9.88 Å². The van der Waals surface area contributed by atoms with Crippen molar-refractivity contribution >= 4 is 28.3 Å². The SMILES string of the molecule is O=C(O)[C@@H]1CN(C(=O)Nc2scnc2C2CC2)C[C@H]1C(F)(F)F. The maximum Gasteiger partial charge on any atom is 0.394 e. The number of nitrogens with zero attached hydrogens (tertiary/aromatic N) is 2. The lowest BCUT2D eigenvalue weighted by Crippen LogP contribution is -2.35. The van der Waals surface area contributed by atoms with Crippen molar-refractivity contribution in [3.63, 3.8) is 0 Å². The van der Waals surface area contributed by atoms with Crippen LogP contribution in [0, 0.1) is 11.8 Å². The number of alkyl halides is 3. The largest absolute Gasteiger partial charge is 0.481 e. The normalized spacial score (nSPS) is 24.7. The Bertz CT molecular complexity index is 629. The van der Waals surface area contributed by atoms with E-state index >= 15 is 0 Å². The Morgan fingerprint density at radius 2 is 2.04 bits per heavy atom. The van der Waals surface area contributed by atoms with Gasteiger partial charge in [0.2, 0.25) is 0 Å². The van der Waals surface area contributed by atoms with Crippen molar-refractivity contribution in [3.8, 4) is 0 Å². The van der Waals surface area contributed by atoms with Crippen LogP contribution in [0.1, 0.15) is 24.5 Å². The highest BCUT2D eigenvalue weighted by Crippen LogP contribution is 2.44. The number of aliphatic carboxylic acids is 1. The molecule has 2 N–H and O–H groups in total. The smallest absolute Gasteiger partial charge is 0.394 e.